The molecule has 0 bridgehead atoms. The molecule has 4 fully saturated rings. The smallest absolute Gasteiger partial charge is 0.328 e. The van der Waals surface area contributed by atoms with Gasteiger partial charge in [0, 0.05) is 13.1 Å². The lowest BCUT2D eigenvalue weighted by molar-refractivity contribution is -0.144. The average Bonchev–Trinajstić information content (AvgIpc) is 3.53. The van der Waals surface area contributed by atoms with E-state index in [0.717, 1.165) is 0 Å². The summed E-state index contributed by atoms with van der Waals surface area (Å²) in [5.74, 6) is -0.468. The highest BCUT2D eigenvalue weighted by molar-refractivity contribution is 6.01. The minimum Gasteiger partial charge on any atom is -0.371 e. The van der Waals surface area contributed by atoms with Crippen LogP contribution in [-0.4, -0.2) is 102 Å². The molecule has 10 nitrogen and oxygen atoms in total. The van der Waals surface area contributed by atoms with Gasteiger partial charge in [0.25, 0.3) is 0 Å². The number of urea groups is 2. The second kappa shape index (κ2) is 6.66. The van der Waals surface area contributed by atoms with Gasteiger partial charge >= 0.3 is 12.1 Å². The normalized spacial score (nSPS) is 30.9. The molecule has 0 aromatic heterocycles. The first-order valence-electron chi connectivity index (χ1n) is 9.94. The van der Waals surface area contributed by atoms with Crippen molar-refractivity contribution in [1.82, 2.24) is 19.6 Å². The largest absolute Gasteiger partial charge is 0.371 e. The molecule has 0 saturated carbocycles. The Bertz CT molecular complexity index is 696. The van der Waals surface area contributed by atoms with E-state index >= 15 is 0 Å². The van der Waals surface area contributed by atoms with E-state index in [1.165, 1.54) is 19.6 Å². The fourth-order valence-electron chi connectivity index (χ4n) is 3.97. The van der Waals surface area contributed by atoms with Crippen molar-refractivity contribution in [1.29, 1.82) is 0 Å². The van der Waals surface area contributed by atoms with Crippen molar-refractivity contribution in [2.24, 2.45) is 10.8 Å². The molecule has 0 spiro atoms. The molecule has 0 aromatic rings. The lowest BCUT2D eigenvalue weighted by Gasteiger charge is -2.47. The maximum atomic E-state index is 13.0. The molecule has 160 valence electrons. The van der Waals surface area contributed by atoms with Crippen LogP contribution in [0.1, 0.15) is 27.7 Å². The minimum absolute atomic E-state index is 0.0230. The third-order valence-corrected chi connectivity index (χ3v) is 5.74. The summed E-state index contributed by atoms with van der Waals surface area (Å²) in [6.45, 7) is 9.11. The molecule has 4 rings (SSSR count). The summed E-state index contributed by atoms with van der Waals surface area (Å²) in [6.07, 6.45) is -0.221. The zero-order valence-electron chi connectivity index (χ0n) is 17.3. The van der Waals surface area contributed by atoms with E-state index < -0.39 is 22.9 Å². The molecule has 10 heteroatoms. The van der Waals surface area contributed by atoms with Crippen LogP contribution in [0.5, 0.6) is 0 Å². The number of carbonyl (C=O) groups is 4. The standard InChI is InChI=1S/C19H28N4O6/c1-18(2)9-20(16(26)22(14(18)24)5-12-7-28-12)11-21-10-19(3,4)15(25)23(17(21)27)6-13-8-29-13/h12-13H,5-11H2,1-4H3. The highest BCUT2D eigenvalue weighted by Crippen LogP contribution is 2.32. The van der Waals surface area contributed by atoms with E-state index in [-0.39, 0.29) is 56.9 Å². The van der Waals surface area contributed by atoms with E-state index in [4.69, 9.17) is 9.47 Å². The maximum Gasteiger partial charge on any atom is 0.328 e. The van der Waals surface area contributed by atoms with Gasteiger partial charge in [-0.2, -0.15) is 0 Å². The number of hydrogen-bond donors (Lipinski definition) is 0. The fourth-order valence-corrected chi connectivity index (χ4v) is 3.97. The molecule has 4 saturated heterocycles. The van der Waals surface area contributed by atoms with Crippen LogP contribution in [0.15, 0.2) is 0 Å². The van der Waals surface area contributed by atoms with Crippen LogP contribution in [0, 0.1) is 10.8 Å². The zero-order chi connectivity index (χ0) is 21.1. The number of nitrogens with zero attached hydrogens (tertiary/aromatic N) is 4. The molecule has 4 heterocycles. The van der Waals surface area contributed by atoms with E-state index in [1.807, 2.05) is 0 Å². The molecule has 2 unspecified atom stereocenters. The molecular formula is C19H28N4O6. The molecule has 4 aliphatic rings. The lowest BCUT2D eigenvalue weighted by Crippen LogP contribution is -2.66. The second-order valence-electron chi connectivity index (χ2n) is 9.61. The molecule has 29 heavy (non-hydrogen) atoms. The SMILES string of the molecule is CC1(C)CN(CN2CC(C)(C)C(=O)N(CC3CO3)C2=O)C(=O)N(CC2CO2)C1=O. The van der Waals surface area contributed by atoms with E-state index in [2.05, 4.69) is 0 Å². The molecule has 0 radical (unpaired) electrons. The topological polar surface area (TPSA) is 106 Å². The van der Waals surface area contributed by atoms with Crippen molar-refractivity contribution >= 4 is 23.9 Å². The van der Waals surface area contributed by atoms with Gasteiger partial charge in [-0.1, -0.05) is 0 Å². The first-order chi connectivity index (χ1) is 13.5. The van der Waals surface area contributed by atoms with Crippen molar-refractivity contribution in [2.75, 3.05) is 46.1 Å². The average molecular weight is 408 g/mol. The first kappa shape index (κ1) is 20.1. The van der Waals surface area contributed by atoms with Crippen LogP contribution in [0.3, 0.4) is 0 Å². The predicted octanol–water partition coefficient (Wildman–Crippen LogP) is 0.322. The fraction of sp³-hybridized carbons (Fsp3) is 0.789. The number of amides is 6. The lowest BCUT2D eigenvalue weighted by atomic mass is 9.88. The Labute approximate surface area is 169 Å². The Morgan fingerprint density at radius 1 is 0.759 bits per heavy atom. The van der Waals surface area contributed by atoms with E-state index in [1.54, 1.807) is 27.7 Å². The van der Waals surface area contributed by atoms with Gasteiger partial charge in [0.2, 0.25) is 11.8 Å². The summed E-state index contributed by atoms with van der Waals surface area (Å²) >= 11 is 0. The quantitative estimate of drug-likeness (QED) is 0.586. The van der Waals surface area contributed by atoms with Crippen molar-refractivity contribution in [2.45, 2.75) is 39.9 Å². The van der Waals surface area contributed by atoms with Crippen molar-refractivity contribution in [3.8, 4) is 0 Å². The molecule has 0 aromatic carbocycles. The van der Waals surface area contributed by atoms with Crippen molar-refractivity contribution < 1.29 is 28.7 Å². The number of epoxide rings is 2. The summed E-state index contributed by atoms with van der Waals surface area (Å²) in [5, 5.41) is 0. The molecular weight excluding hydrogens is 380 g/mol. The Morgan fingerprint density at radius 2 is 1.10 bits per heavy atom. The number of rotatable bonds is 6. The predicted molar refractivity (Wildman–Crippen MR) is 99.5 cm³/mol. The first-order valence-corrected chi connectivity index (χ1v) is 9.94. The Hall–Kier alpha value is -2.20. The molecule has 0 N–H and O–H groups in total. The van der Waals surface area contributed by atoms with Gasteiger partial charge in [-0.05, 0) is 27.7 Å². The Kier molecular flexibility index (Phi) is 4.62. The number of ether oxygens (including phenoxy) is 2. The van der Waals surface area contributed by atoms with Crippen LogP contribution < -0.4 is 0 Å². The number of carbonyl (C=O) groups excluding carboxylic acids is 4. The van der Waals surface area contributed by atoms with Gasteiger partial charge in [0.1, 0.15) is 0 Å². The molecule has 0 aliphatic carbocycles. The number of hydrogen-bond acceptors (Lipinski definition) is 6. The minimum atomic E-state index is -0.769. The summed E-state index contributed by atoms with van der Waals surface area (Å²) in [6, 6.07) is -0.853. The van der Waals surface area contributed by atoms with Gasteiger partial charge in [0.05, 0.1) is 56.0 Å². The van der Waals surface area contributed by atoms with E-state index in [9.17, 15) is 19.2 Å². The Balaban J connectivity index is 1.52. The second-order valence-corrected chi connectivity index (χ2v) is 9.61. The zero-order valence-corrected chi connectivity index (χ0v) is 17.3. The number of imide groups is 2. The highest BCUT2D eigenvalue weighted by atomic mass is 16.6. The summed E-state index contributed by atoms with van der Waals surface area (Å²) in [5.41, 5.74) is -1.54. The van der Waals surface area contributed by atoms with Crippen LogP contribution in [0.2, 0.25) is 0 Å². The summed E-state index contributed by atoms with van der Waals surface area (Å²) in [7, 11) is 0. The maximum absolute atomic E-state index is 13.0. The van der Waals surface area contributed by atoms with Crippen LogP contribution in [0.25, 0.3) is 0 Å². The van der Waals surface area contributed by atoms with E-state index in [0.29, 0.717) is 13.2 Å². The summed E-state index contributed by atoms with van der Waals surface area (Å²) < 4.78 is 10.4. The molecule has 2 atom stereocenters. The third kappa shape index (κ3) is 3.83. The summed E-state index contributed by atoms with van der Waals surface area (Å²) in [4.78, 5) is 56.9. The van der Waals surface area contributed by atoms with Crippen molar-refractivity contribution in [3.05, 3.63) is 0 Å². The monoisotopic (exact) mass is 408 g/mol. The Morgan fingerprint density at radius 3 is 1.41 bits per heavy atom. The van der Waals surface area contributed by atoms with Crippen molar-refractivity contribution in [3.63, 3.8) is 0 Å². The van der Waals surface area contributed by atoms with Crippen LogP contribution in [-0.2, 0) is 19.1 Å². The third-order valence-electron chi connectivity index (χ3n) is 5.74. The van der Waals surface area contributed by atoms with Gasteiger partial charge in [-0.15, -0.1) is 0 Å². The molecule has 6 amide bonds. The van der Waals surface area contributed by atoms with Crippen LogP contribution >= 0.6 is 0 Å². The van der Waals surface area contributed by atoms with Gasteiger partial charge in [-0.25, -0.2) is 9.59 Å². The van der Waals surface area contributed by atoms with Gasteiger partial charge in [-0.3, -0.25) is 19.4 Å². The molecule has 4 aliphatic heterocycles. The van der Waals surface area contributed by atoms with Gasteiger partial charge in [0.15, 0.2) is 0 Å². The van der Waals surface area contributed by atoms with Crippen LogP contribution in [0.4, 0.5) is 9.59 Å². The highest BCUT2D eigenvalue weighted by Gasteiger charge is 2.50. The van der Waals surface area contributed by atoms with Gasteiger partial charge < -0.3 is 19.3 Å².